The highest BCUT2D eigenvalue weighted by Gasteiger charge is 2.12. The molecule has 1 aliphatic rings. The number of hydrazone groups is 1. The molecule has 5 nitrogen and oxygen atoms in total. The molecule has 0 radical (unpaired) electrons. The first kappa shape index (κ1) is 17.8. The SMILES string of the molecule is Clc1ccccc1Cn1cc(/C=N\N2CCOCC2)c(-c2ccccc2)n1. The molecule has 2 heterocycles. The van der Waals surface area contributed by atoms with Gasteiger partial charge in [-0.25, -0.2) is 0 Å². The van der Waals surface area contributed by atoms with Crippen LogP contribution in [0.25, 0.3) is 11.3 Å². The Kier molecular flexibility index (Phi) is 5.51. The van der Waals surface area contributed by atoms with Crippen LogP contribution in [0.3, 0.4) is 0 Å². The van der Waals surface area contributed by atoms with E-state index in [9.17, 15) is 0 Å². The van der Waals surface area contributed by atoms with Crippen LogP contribution < -0.4 is 0 Å². The summed E-state index contributed by atoms with van der Waals surface area (Å²) in [5.41, 5.74) is 4.01. The fourth-order valence-corrected chi connectivity index (χ4v) is 3.24. The van der Waals surface area contributed by atoms with Crippen molar-refractivity contribution in [3.8, 4) is 11.3 Å². The second kappa shape index (κ2) is 8.37. The van der Waals surface area contributed by atoms with E-state index in [2.05, 4.69) is 17.2 Å². The molecular formula is C21H21ClN4O. The van der Waals surface area contributed by atoms with Crippen LogP contribution in [0, 0.1) is 0 Å². The van der Waals surface area contributed by atoms with Gasteiger partial charge in [-0.05, 0) is 11.6 Å². The average Bonchev–Trinajstić information content (AvgIpc) is 3.12. The molecule has 138 valence electrons. The molecule has 0 bridgehead atoms. The Morgan fingerprint density at radius 2 is 1.78 bits per heavy atom. The van der Waals surface area contributed by atoms with E-state index in [1.54, 1.807) is 0 Å². The van der Waals surface area contributed by atoms with Gasteiger partial charge in [-0.15, -0.1) is 0 Å². The summed E-state index contributed by atoms with van der Waals surface area (Å²) < 4.78 is 7.30. The van der Waals surface area contributed by atoms with E-state index in [0.717, 1.165) is 40.5 Å². The van der Waals surface area contributed by atoms with Gasteiger partial charge in [0.2, 0.25) is 0 Å². The van der Waals surface area contributed by atoms with Gasteiger partial charge in [-0.1, -0.05) is 60.1 Å². The number of ether oxygens (including phenoxy) is 1. The molecule has 0 aliphatic carbocycles. The summed E-state index contributed by atoms with van der Waals surface area (Å²) in [5, 5.41) is 12.2. The molecule has 0 amide bonds. The van der Waals surface area contributed by atoms with Crippen molar-refractivity contribution in [1.29, 1.82) is 0 Å². The van der Waals surface area contributed by atoms with E-state index in [-0.39, 0.29) is 0 Å². The minimum absolute atomic E-state index is 0.616. The maximum Gasteiger partial charge on any atom is 0.101 e. The van der Waals surface area contributed by atoms with E-state index < -0.39 is 0 Å². The van der Waals surface area contributed by atoms with Gasteiger partial charge >= 0.3 is 0 Å². The van der Waals surface area contributed by atoms with Gasteiger partial charge < -0.3 is 4.74 Å². The van der Waals surface area contributed by atoms with E-state index in [4.69, 9.17) is 21.4 Å². The molecular weight excluding hydrogens is 360 g/mol. The van der Waals surface area contributed by atoms with Crippen molar-refractivity contribution >= 4 is 17.8 Å². The summed E-state index contributed by atoms with van der Waals surface area (Å²) in [6.45, 7) is 3.67. The Balaban J connectivity index is 1.64. The summed E-state index contributed by atoms with van der Waals surface area (Å²) in [5.74, 6) is 0. The monoisotopic (exact) mass is 380 g/mol. The highest BCUT2D eigenvalue weighted by molar-refractivity contribution is 6.31. The molecule has 4 rings (SSSR count). The number of aromatic nitrogens is 2. The number of benzene rings is 2. The first-order valence-electron chi connectivity index (χ1n) is 9.02. The lowest BCUT2D eigenvalue weighted by Gasteiger charge is -2.23. The average molecular weight is 381 g/mol. The van der Waals surface area contributed by atoms with E-state index in [0.29, 0.717) is 19.8 Å². The smallest absolute Gasteiger partial charge is 0.101 e. The predicted octanol–water partition coefficient (Wildman–Crippen LogP) is 3.92. The van der Waals surface area contributed by atoms with Gasteiger partial charge in [-0.3, -0.25) is 9.69 Å². The van der Waals surface area contributed by atoms with Crippen molar-refractivity contribution in [2.75, 3.05) is 26.3 Å². The Labute approximate surface area is 163 Å². The van der Waals surface area contributed by atoms with Crippen LogP contribution in [0.5, 0.6) is 0 Å². The number of morpholine rings is 1. The van der Waals surface area contributed by atoms with Gasteiger partial charge in [0.05, 0.1) is 39.1 Å². The molecule has 1 saturated heterocycles. The summed E-state index contributed by atoms with van der Waals surface area (Å²) in [6.07, 6.45) is 3.92. The molecule has 0 saturated carbocycles. The van der Waals surface area contributed by atoms with Crippen LogP contribution in [-0.2, 0) is 11.3 Å². The lowest BCUT2D eigenvalue weighted by molar-refractivity contribution is 0.0397. The van der Waals surface area contributed by atoms with Crippen LogP contribution >= 0.6 is 11.6 Å². The number of hydrogen-bond donors (Lipinski definition) is 0. The van der Waals surface area contributed by atoms with Gasteiger partial charge in [0.15, 0.2) is 0 Å². The fraction of sp³-hybridized carbons (Fsp3) is 0.238. The molecule has 0 N–H and O–H groups in total. The lowest BCUT2D eigenvalue weighted by atomic mass is 10.1. The minimum atomic E-state index is 0.616. The van der Waals surface area contributed by atoms with Crippen molar-refractivity contribution < 1.29 is 4.74 Å². The number of nitrogens with zero attached hydrogens (tertiary/aromatic N) is 4. The summed E-state index contributed by atoms with van der Waals surface area (Å²) >= 11 is 6.31. The fourth-order valence-electron chi connectivity index (χ4n) is 3.05. The van der Waals surface area contributed by atoms with Crippen LogP contribution in [0.1, 0.15) is 11.1 Å². The number of halogens is 1. The first-order valence-corrected chi connectivity index (χ1v) is 9.40. The second-order valence-electron chi connectivity index (χ2n) is 6.40. The van der Waals surface area contributed by atoms with E-state index >= 15 is 0 Å². The van der Waals surface area contributed by atoms with Crippen LogP contribution in [0.2, 0.25) is 5.02 Å². The summed E-state index contributed by atoms with van der Waals surface area (Å²) in [4.78, 5) is 0. The molecule has 3 aromatic rings. The van der Waals surface area contributed by atoms with E-state index in [1.165, 1.54) is 0 Å². The molecule has 0 atom stereocenters. The number of hydrogen-bond acceptors (Lipinski definition) is 4. The second-order valence-corrected chi connectivity index (χ2v) is 6.81. The molecule has 1 aliphatic heterocycles. The molecule has 1 fully saturated rings. The minimum Gasteiger partial charge on any atom is -0.378 e. The lowest BCUT2D eigenvalue weighted by Crippen LogP contribution is -2.32. The van der Waals surface area contributed by atoms with Crippen molar-refractivity contribution in [3.63, 3.8) is 0 Å². The van der Waals surface area contributed by atoms with Crippen LogP contribution in [-0.4, -0.2) is 47.3 Å². The molecule has 0 unspecified atom stereocenters. The molecule has 6 heteroatoms. The highest BCUT2D eigenvalue weighted by Crippen LogP contribution is 2.22. The van der Waals surface area contributed by atoms with Crippen molar-refractivity contribution in [1.82, 2.24) is 14.8 Å². The zero-order chi connectivity index (χ0) is 18.5. The zero-order valence-corrected chi connectivity index (χ0v) is 15.7. The maximum atomic E-state index is 6.31. The van der Waals surface area contributed by atoms with Crippen LogP contribution in [0.4, 0.5) is 0 Å². The molecule has 27 heavy (non-hydrogen) atoms. The predicted molar refractivity (Wildman–Crippen MR) is 108 cm³/mol. The highest BCUT2D eigenvalue weighted by atomic mass is 35.5. The van der Waals surface area contributed by atoms with Gasteiger partial charge in [0.25, 0.3) is 0 Å². The van der Waals surface area contributed by atoms with Gasteiger partial charge in [0.1, 0.15) is 5.69 Å². The normalized spacial score (nSPS) is 14.8. The number of rotatable bonds is 5. The first-order chi connectivity index (χ1) is 13.3. The molecule has 2 aromatic carbocycles. The Morgan fingerprint density at radius 3 is 2.56 bits per heavy atom. The Bertz CT molecular complexity index is 917. The van der Waals surface area contributed by atoms with E-state index in [1.807, 2.05) is 64.6 Å². The van der Waals surface area contributed by atoms with Crippen LogP contribution in [0.15, 0.2) is 65.9 Å². The summed E-state index contributed by atoms with van der Waals surface area (Å²) in [7, 11) is 0. The Morgan fingerprint density at radius 1 is 1.04 bits per heavy atom. The van der Waals surface area contributed by atoms with Crippen molar-refractivity contribution in [2.24, 2.45) is 5.10 Å². The standard InChI is InChI=1S/C21H21ClN4O/c22-20-9-5-4-8-18(20)15-26-16-19(14-23-25-10-12-27-13-11-25)21(24-26)17-6-2-1-3-7-17/h1-9,14,16H,10-13,15H2/b23-14-. The van der Waals surface area contributed by atoms with Gasteiger partial charge in [-0.2, -0.15) is 10.2 Å². The molecule has 0 spiro atoms. The zero-order valence-electron chi connectivity index (χ0n) is 15.0. The van der Waals surface area contributed by atoms with Gasteiger partial charge in [0, 0.05) is 22.3 Å². The maximum absolute atomic E-state index is 6.31. The third-order valence-electron chi connectivity index (χ3n) is 4.47. The molecule has 1 aromatic heterocycles. The third kappa shape index (κ3) is 4.38. The third-order valence-corrected chi connectivity index (χ3v) is 4.84. The summed E-state index contributed by atoms with van der Waals surface area (Å²) in [6, 6.07) is 18.0. The van der Waals surface area contributed by atoms with Crippen molar-refractivity contribution in [3.05, 3.63) is 76.9 Å². The topological polar surface area (TPSA) is 42.7 Å². The quantitative estimate of drug-likeness (QED) is 0.630. The largest absolute Gasteiger partial charge is 0.378 e. The Hall–Kier alpha value is -2.63. The van der Waals surface area contributed by atoms with Crippen molar-refractivity contribution in [2.45, 2.75) is 6.54 Å².